The van der Waals surface area contributed by atoms with Crippen molar-refractivity contribution in [2.75, 3.05) is 13.1 Å². The van der Waals surface area contributed by atoms with Gasteiger partial charge in [-0.1, -0.05) is 6.07 Å². The molecule has 132 valence electrons. The van der Waals surface area contributed by atoms with Crippen molar-refractivity contribution in [1.82, 2.24) is 14.8 Å². The van der Waals surface area contributed by atoms with E-state index < -0.39 is 17.4 Å². The van der Waals surface area contributed by atoms with Crippen LogP contribution in [-0.4, -0.2) is 45.1 Å². The average molecular weight is 341 g/mol. The fraction of sp³-hybridized carbons (Fsp3) is 0.474. The van der Waals surface area contributed by atoms with Gasteiger partial charge in [-0.05, 0) is 42.0 Å². The highest BCUT2D eigenvalue weighted by atomic mass is 16.4. The summed E-state index contributed by atoms with van der Waals surface area (Å²) in [6, 6.07) is 8.64. The summed E-state index contributed by atoms with van der Waals surface area (Å²) < 4.78 is 2.11. The molecule has 2 saturated heterocycles. The standard InChI is InChI=1S/C19H23N3O3/c1-21-7-4-14-10-13(2-3-16(14)21)12-22-8-5-19(6-9-22)15(18(24)25)11-17(23)20-19/h2-4,7,10,15H,5-6,8-9,11-12H2,1H3,(H,20,23)(H,24,25)/t15-/m1/s1. The molecule has 2 aliphatic heterocycles. The van der Waals surface area contributed by atoms with Gasteiger partial charge in [-0.3, -0.25) is 14.5 Å². The molecular weight excluding hydrogens is 318 g/mol. The molecule has 2 N–H and O–H groups in total. The van der Waals surface area contributed by atoms with E-state index in [2.05, 4.69) is 45.2 Å². The first kappa shape index (κ1) is 16.1. The van der Waals surface area contributed by atoms with Crippen molar-refractivity contribution >= 4 is 22.8 Å². The number of aryl methyl sites for hydroxylation is 1. The third-order valence-corrected chi connectivity index (χ3v) is 5.85. The molecule has 1 amide bonds. The Labute approximate surface area is 146 Å². The number of benzene rings is 1. The van der Waals surface area contributed by atoms with E-state index in [9.17, 15) is 14.7 Å². The monoisotopic (exact) mass is 341 g/mol. The number of aliphatic carboxylic acids is 1. The summed E-state index contributed by atoms with van der Waals surface area (Å²) >= 11 is 0. The van der Waals surface area contributed by atoms with Gasteiger partial charge in [0.1, 0.15) is 0 Å². The maximum atomic E-state index is 11.7. The number of aromatic nitrogens is 1. The molecule has 0 bridgehead atoms. The number of amides is 1. The first-order valence-electron chi connectivity index (χ1n) is 8.77. The van der Waals surface area contributed by atoms with E-state index in [1.54, 1.807) is 0 Å². The minimum atomic E-state index is -0.860. The zero-order valence-corrected chi connectivity index (χ0v) is 14.4. The number of nitrogens with zero attached hydrogens (tertiary/aromatic N) is 2. The van der Waals surface area contributed by atoms with Gasteiger partial charge in [-0.25, -0.2) is 0 Å². The van der Waals surface area contributed by atoms with Crippen LogP contribution in [0, 0.1) is 5.92 Å². The molecule has 6 nitrogen and oxygen atoms in total. The SMILES string of the molecule is Cn1ccc2cc(CN3CCC4(CC3)NC(=O)C[C@@H]4C(=O)O)ccc21. The lowest BCUT2D eigenvalue weighted by Gasteiger charge is -2.41. The van der Waals surface area contributed by atoms with E-state index in [1.807, 2.05) is 7.05 Å². The second-order valence-corrected chi connectivity index (χ2v) is 7.40. The zero-order chi connectivity index (χ0) is 17.6. The molecule has 2 aromatic rings. The van der Waals surface area contributed by atoms with Gasteiger partial charge >= 0.3 is 5.97 Å². The summed E-state index contributed by atoms with van der Waals surface area (Å²) in [5, 5.41) is 13.6. The summed E-state index contributed by atoms with van der Waals surface area (Å²) in [7, 11) is 2.04. The van der Waals surface area contributed by atoms with E-state index in [0.29, 0.717) is 12.8 Å². The van der Waals surface area contributed by atoms with Gasteiger partial charge in [-0.2, -0.15) is 0 Å². The molecule has 1 atom stereocenters. The smallest absolute Gasteiger partial charge is 0.309 e. The Hall–Kier alpha value is -2.34. The van der Waals surface area contributed by atoms with Crippen LogP contribution >= 0.6 is 0 Å². The lowest BCUT2D eigenvalue weighted by atomic mass is 9.77. The highest BCUT2D eigenvalue weighted by Gasteiger charge is 2.51. The minimum Gasteiger partial charge on any atom is -0.481 e. The van der Waals surface area contributed by atoms with Crippen molar-refractivity contribution in [2.24, 2.45) is 13.0 Å². The van der Waals surface area contributed by atoms with E-state index in [0.717, 1.165) is 19.6 Å². The Kier molecular flexibility index (Phi) is 3.80. The van der Waals surface area contributed by atoms with Gasteiger partial charge < -0.3 is 15.0 Å². The van der Waals surface area contributed by atoms with Gasteiger partial charge in [0.15, 0.2) is 0 Å². The number of carbonyl (C=O) groups is 2. The molecule has 25 heavy (non-hydrogen) atoms. The molecule has 1 aromatic heterocycles. The Morgan fingerprint density at radius 2 is 2.08 bits per heavy atom. The molecule has 2 aliphatic rings. The molecule has 0 aliphatic carbocycles. The molecule has 1 aromatic carbocycles. The second kappa shape index (κ2) is 5.88. The summed E-state index contributed by atoms with van der Waals surface area (Å²) in [5.74, 6) is -1.58. The summed E-state index contributed by atoms with van der Waals surface area (Å²) in [4.78, 5) is 25.6. The number of carbonyl (C=O) groups excluding carboxylic acids is 1. The number of carboxylic acid groups (broad SMARTS) is 1. The topological polar surface area (TPSA) is 74.6 Å². The number of hydrogen-bond donors (Lipinski definition) is 2. The van der Waals surface area contributed by atoms with Crippen molar-refractivity contribution in [2.45, 2.75) is 31.3 Å². The quantitative estimate of drug-likeness (QED) is 0.892. The van der Waals surface area contributed by atoms with Crippen LogP contribution in [0.3, 0.4) is 0 Å². The number of hydrogen-bond acceptors (Lipinski definition) is 3. The summed E-state index contributed by atoms with van der Waals surface area (Å²) in [6.45, 7) is 2.46. The normalized spacial score (nSPS) is 23.2. The number of nitrogens with one attached hydrogen (secondary N) is 1. The lowest BCUT2D eigenvalue weighted by molar-refractivity contribution is -0.144. The first-order valence-corrected chi connectivity index (χ1v) is 8.77. The maximum Gasteiger partial charge on any atom is 0.309 e. The third-order valence-electron chi connectivity index (χ3n) is 5.85. The molecule has 6 heteroatoms. The van der Waals surface area contributed by atoms with Gasteiger partial charge in [-0.15, -0.1) is 0 Å². The predicted octanol–water partition coefficient (Wildman–Crippen LogP) is 1.73. The van der Waals surface area contributed by atoms with Crippen molar-refractivity contribution in [3.8, 4) is 0 Å². The number of rotatable bonds is 3. The molecular formula is C19H23N3O3. The lowest BCUT2D eigenvalue weighted by Crippen LogP contribution is -2.55. The highest BCUT2D eigenvalue weighted by Crippen LogP contribution is 2.37. The Morgan fingerprint density at radius 1 is 1.32 bits per heavy atom. The van der Waals surface area contributed by atoms with Gasteiger partial charge in [0.25, 0.3) is 0 Å². The second-order valence-electron chi connectivity index (χ2n) is 7.40. The van der Waals surface area contributed by atoms with E-state index in [-0.39, 0.29) is 12.3 Å². The summed E-state index contributed by atoms with van der Waals surface area (Å²) in [5.41, 5.74) is 1.93. The average Bonchev–Trinajstić information content (AvgIpc) is 3.10. The summed E-state index contributed by atoms with van der Waals surface area (Å²) in [6.07, 6.45) is 3.57. The zero-order valence-electron chi connectivity index (χ0n) is 14.4. The predicted molar refractivity (Wildman–Crippen MR) is 94.0 cm³/mol. The maximum absolute atomic E-state index is 11.7. The Morgan fingerprint density at radius 3 is 2.80 bits per heavy atom. The number of carboxylic acids is 1. The third kappa shape index (κ3) is 2.80. The molecule has 0 saturated carbocycles. The Balaban J connectivity index is 1.44. The van der Waals surface area contributed by atoms with Gasteiger partial charge in [0.05, 0.1) is 11.5 Å². The van der Waals surface area contributed by atoms with E-state index >= 15 is 0 Å². The fourth-order valence-electron chi connectivity index (χ4n) is 4.39. The van der Waals surface area contributed by atoms with Crippen molar-refractivity contribution in [3.63, 3.8) is 0 Å². The van der Waals surface area contributed by atoms with Crippen molar-refractivity contribution < 1.29 is 14.7 Å². The molecule has 0 radical (unpaired) electrons. The number of fused-ring (bicyclic) bond motifs is 1. The van der Waals surface area contributed by atoms with Crippen molar-refractivity contribution in [1.29, 1.82) is 0 Å². The molecule has 4 rings (SSSR count). The number of likely N-dealkylation sites (tertiary alicyclic amines) is 1. The Bertz CT molecular complexity index is 834. The first-order chi connectivity index (χ1) is 12.0. The highest BCUT2D eigenvalue weighted by molar-refractivity contribution is 5.88. The molecule has 1 spiro atoms. The van der Waals surface area contributed by atoms with Crippen LogP contribution in [0.4, 0.5) is 0 Å². The van der Waals surface area contributed by atoms with Gasteiger partial charge in [0.2, 0.25) is 5.91 Å². The van der Waals surface area contributed by atoms with Gasteiger partial charge in [0, 0.05) is 44.8 Å². The molecule has 3 heterocycles. The largest absolute Gasteiger partial charge is 0.481 e. The van der Waals surface area contributed by atoms with Crippen LogP contribution in [0.5, 0.6) is 0 Å². The van der Waals surface area contributed by atoms with Crippen LogP contribution in [0.25, 0.3) is 10.9 Å². The van der Waals surface area contributed by atoms with Crippen LogP contribution < -0.4 is 5.32 Å². The van der Waals surface area contributed by atoms with Crippen LogP contribution in [0.2, 0.25) is 0 Å². The van der Waals surface area contributed by atoms with Crippen LogP contribution in [0.15, 0.2) is 30.5 Å². The number of piperidine rings is 1. The van der Waals surface area contributed by atoms with E-state index in [1.165, 1.54) is 16.5 Å². The van der Waals surface area contributed by atoms with E-state index in [4.69, 9.17) is 0 Å². The van der Waals surface area contributed by atoms with Crippen LogP contribution in [0.1, 0.15) is 24.8 Å². The molecule has 0 unspecified atom stereocenters. The minimum absolute atomic E-state index is 0.111. The van der Waals surface area contributed by atoms with Crippen LogP contribution in [-0.2, 0) is 23.2 Å². The molecule has 2 fully saturated rings. The fourth-order valence-corrected chi connectivity index (χ4v) is 4.39. The van der Waals surface area contributed by atoms with Crippen molar-refractivity contribution in [3.05, 3.63) is 36.0 Å².